The van der Waals surface area contributed by atoms with E-state index in [0.717, 1.165) is 15.8 Å². The summed E-state index contributed by atoms with van der Waals surface area (Å²) in [5, 5.41) is 18.1. The number of fused-ring (bicyclic) bond motifs is 1. The van der Waals surface area contributed by atoms with E-state index >= 15 is 0 Å². The van der Waals surface area contributed by atoms with Crippen molar-refractivity contribution in [2.24, 2.45) is 0 Å². The molecule has 0 fully saturated rings. The molecule has 2 N–H and O–H groups in total. The highest BCUT2D eigenvalue weighted by Crippen LogP contribution is 2.34. The lowest BCUT2D eigenvalue weighted by Crippen LogP contribution is -2.08. The number of anilines is 3. The van der Waals surface area contributed by atoms with Crippen LogP contribution in [0.4, 0.5) is 22.5 Å². The lowest BCUT2D eigenvalue weighted by atomic mass is 10.2. The van der Waals surface area contributed by atoms with E-state index in [1.165, 1.54) is 17.7 Å². The van der Waals surface area contributed by atoms with Crippen LogP contribution >= 0.6 is 11.3 Å². The molecule has 0 spiro atoms. The summed E-state index contributed by atoms with van der Waals surface area (Å²) < 4.78 is 0.985. The molecule has 0 amide bonds. The third kappa shape index (κ3) is 3.67. The summed E-state index contributed by atoms with van der Waals surface area (Å²) >= 11 is 1.40. The third-order valence-electron chi connectivity index (χ3n) is 3.83. The van der Waals surface area contributed by atoms with Gasteiger partial charge in [0.15, 0.2) is 5.13 Å². The number of para-hydroxylation sites is 1. The van der Waals surface area contributed by atoms with Gasteiger partial charge in [-0.25, -0.2) is 15.0 Å². The Kier molecular flexibility index (Phi) is 4.58. The molecule has 4 rings (SSSR count). The van der Waals surface area contributed by atoms with Crippen molar-refractivity contribution in [1.29, 1.82) is 0 Å². The fraction of sp³-hybridized carbons (Fsp3) is 0.0556. The van der Waals surface area contributed by atoms with Crippen molar-refractivity contribution in [2.75, 3.05) is 10.6 Å². The van der Waals surface area contributed by atoms with Crippen LogP contribution in [0.25, 0.3) is 10.2 Å². The number of rotatable bonds is 6. The highest BCUT2D eigenvalue weighted by molar-refractivity contribution is 7.22. The summed E-state index contributed by atoms with van der Waals surface area (Å²) in [4.78, 5) is 23.7. The Bertz CT molecular complexity index is 1070. The van der Waals surface area contributed by atoms with Gasteiger partial charge in [0.05, 0.1) is 15.1 Å². The lowest BCUT2D eigenvalue weighted by molar-refractivity contribution is -0.383. The molecule has 0 saturated heterocycles. The SMILES string of the molecule is O=[N+]([O-])c1c(NCc2ccccc2)ncnc1Nc1nc2ccccc2s1. The molecule has 0 aliphatic carbocycles. The molecule has 4 aromatic rings. The number of thiazole rings is 1. The Balaban J connectivity index is 1.63. The molecule has 2 heterocycles. The number of nitro groups is 1. The number of nitrogens with one attached hydrogen (secondary N) is 2. The Hall–Kier alpha value is -3.59. The molecule has 0 saturated carbocycles. The molecular formula is C18H14N6O2S. The van der Waals surface area contributed by atoms with Gasteiger partial charge in [-0.2, -0.15) is 0 Å². The summed E-state index contributed by atoms with van der Waals surface area (Å²) in [5.41, 5.74) is 1.60. The fourth-order valence-electron chi connectivity index (χ4n) is 2.58. The van der Waals surface area contributed by atoms with Crippen LogP contribution in [-0.2, 0) is 6.54 Å². The first-order valence-corrected chi connectivity index (χ1v) is 8.92. The van der Waals surface area contributed by atoms with Crippen molar-refractivity contribution in [1.82, 2.24) is 15.0 Å². The van der Waals surface area contributed by atoms with Crippen LogP contribution in [0.5, 0.6) is 0 Å². The summed E-state index contributed by atoms with van der Waals surface area (Å²) in [5.74, 6) is 0.257. The number of hydrogen-bond acceptors (Lipinski definition) is 8. The van der Waals surface area contributed by atoms with Gasteiger partial charge in [0.1, 0.15) is 6.33 Å². The minimum Gasteiger partial charge on any atom is -0.360 e. The zero-order valence-electron chi connectivity index (χ0n) is 14.0. The monoisotopic (exact) mass is 378 g/mol. The maximum absolute atomic E-state index is 11.6. The Morgan fingerprint density at radius 1 is 1.00 bits per heavy atom. The molecule has 0 aliphatic heterocycles. The molecule has 0 atom stereocenters. The number of hydrogen-bond donors (Lipinski definition) is 2. The number of nitrogens with zero attached hydrogens (tertiary/aromatic N) is 4. The number of aromatic nitrogens is 3. The van der Waals surface area contributed by atoms with Crippen LogP contribution in [0.15, 0.2) is 60.9 Å². The zero-order valence-corrected chi connectivity index (χ0v) is 14.8. The third-order valence-corrected chi connectivity index (χ3v) is 4.78. The molecule has 0 aliphatic rings. The van der Waals surface area contributed by atoms with E-state index in [0.29, 0.717) is 11.7 Å². The maximum atomic E-state index is 11.6. The quantitative estimate of drug-likeness (QED) is 0.379. The van der Waals surface area contributed by atoms with Crippen LogP contribution in [0, 0.1) is 10.1 Å². The smallest absolute Gasteiger partial charge is 0.353 e. The van der Waals surface area contributed by atoms with Crippen LogP contribution in [0.3, 0.4) is 0 Å². The lowest BCUT2D eigenvalue weighted by Gasteiger charge is -2.08. The highest BCUT2D eigenvalue weighted by atomic mass is 32.1. The predicted octanol–water partition coefficient (Wildman–Crippen LogP) is 4.35. The molecule has 0 radical (unpaired) electrons. The average Bonchev–Trinajstić information content (AvgIpc) is 3.09. The van der Waals surface area contributed by atoms with Gasteiger partial charge < -0.3 is 10.6 Å². The molecule has 0 unspecified atom stereocenters. The summed E-state index contributed by atoms with van der Waals surface area (Å²) in [6, 6.07) is 17.2. The van der Waals surface area contributed by atoms with Gasteiger partial charge in [-0.05, 0) is 17.7 Å². The standard InChI is InChI=1S/C18H14N6O2S/c25-24(26)15-16(19-10-12-6-2-1-3-7-12)20-11-21-17(15)23-18-22-13-8-4-5-9-14(13)27-18/h1-9,11H,10H2,(H2,19,20,21,22,23). The van der Waals surface area contributed by atoms with Gasteiger partial charge in [-0.15, -0.1) is 0 Å². The minimum atomic E-state index is -0.497. The fourth-order valence-corrected chi connectivity index (χ4v) is 3.45. The molecule has 9 heteroatoms. The van der Waals surface area contributed by atoms with E-state index in [1.807, 2.05) is 54.6 Å². The van der Waals surface area contributed by atoms with Crippen molar-refractivity contribution >= 4 is 44.0 Å². The van der Waals surface area contributed by atoms with Crippen LogP contribution in [-0.4, -0.2) is 19.9 Å². The van der Waals surface area contributed by atoms with Gasteiger partial charge in [0.2, 0.25) is 11.6 Å². The van der Waals surface area contributed by atoms with Crippen LogP contribution < -0.4 is 10.6 Å². The molecular weight excluding hydrogens is 364 g/mol. The van der Waals surface area contributed by atoms with Crippen molar-refractivity contribution < 1.29 is 4.92 Å². The van der Waals surface area contributed by atoms with E-state index in [2.05, 4.69) is 25.6 Å². The van der Waals surface area contributed by atoms with Gasteiger partial charge >= 0.3 is 5.69 Å². The summed E-state index contributed by atoms with van der Waals surface area (Å²) in [7, 11) is 0. The second kappa shape index (κ2) is 7.34. The van der Waals surface area contributed by atoms with E-state index in [-0.39, 0.29) is 17.3 Å². The Morgan fingerprint density at radius 2 is 1.74 bits per heavy atom. The van der Waals surface area contributed by atoms with Gasteiger partial charge in [0, 0.05) is 6.54 Å². The first kappa shape index (κ1) is 16.9. The average molecular weight is 378 g/mol. The molecule has 134 valence electrons. The Labute approximate surface area is 158 Å². The van der Waals surface area contributed by atoms with E-state index in [1.54, 1.807) is 0 Å². The van der Waals surface area contributed by atoms with Gasteiger partial charge in [-0.1, -0.05) is 53.8 Å². The Morgan fingerprint density at radius 3 is 2.52 bits per heavy atom. The van der Waals surface area contributed by atoms with E-state index in [9.17, 15) is 10.1 Å². The number of benzene rings is 2. The van der Waals surface area contributed by atoms with Crippen molar-refractivity contribution in [2.45, 2.75) is 6.54 Å². The maximum Gasteiger partial charge on any atom is 0.353 e. The largest absolute Gasteiger partial charge is 0.360 e. The normalized spacial score (nSPS) is 10.7. The highest BCUT2D eigenvalue weighted by Gasteiger charge is 2.23. The van der Waals surface area contributed by atoms with Crippen molar-refractivity contribution in [3.05, 3.63) is 76.6 Å². The van der Waals surface area contributed by atoms with Crippen molar-refractivity contribution in [3.8, 4) is 0 Å². The second-order valence-electron chi connectivity index (χ2n) is 5.63. The summed E-state index contributed by atoms with van der Waals surface area (Å²) in [6.45, 7) is 0.416. The predicted molar refractivity (Wildman–Crippen MR) is 105 cm³/mol. The van der Waals surface area contributed by atoms with Crippen LogP contribution in [0.1, 0.15) is 5.56 Å². The second-order valence-corrected chi connectivity index (χ2v) is 6.66. The molecule has 27 heavy (non-hydrogen) atoms. The first-order chi connectivity index (χ1) is 13.2. The molecule has 2 aromatic heterocycles. The molecule has 8 nitrogen and oxygen atoms in total. The van der Waals surface area contributed by atoms with E-state index in [4.69, 9.17) is 0 Å². The molecule has 2 aromatic carbocycles. The summed E-state index contributed by atoms with van der Waals surface area (Å²) in [6.07, 6.45) is 1.29. The van der Waals surface area contributed by atoms with Gasteiger partial charge in [-0.3, -0.25) is 10.1 Å². The molecule has 0 bridgehead atoms. The van der Waals surface area contributed by atoms with Crippen molar-refractivity contribution in [3.63, 3.8) is 0 Å². The van der Waals surface area contributed by atoms with Gasteiger partial charge in [0.25, 0.3) is 0 Å². The zero-order chi connectivity index (χ0) is 18.6. The first-order valence-electron chi connectivity index (χ1n) is 8.10. The minimum absolute atomic E-state index is 0.101. The topological polar surface area (TPSA) is 106 Å². The van der Waals surface area contributed by atoms with E-state index < -0.39 is 4.92 Å². The van der Waals surface area contributed by atoms with Crippen LogP contribution in [0.2, 0.25) is 0 Å².